The number of nitrogens with zero attached hydrogens (tertiary/aromatic N) is 2. The van der Waals surface area contributed by atoms with Crippen LogP contribution in [0.3, 0.4) is 0 Å². The van der Waals surface area contributed by atoms with Gasteiger partial charge in [-0.1, -0.05) is 48.8 Å². The first kappa shape index (κ1) is 40.5. The normalized spacial score (nSPS) is 21.3. The number of ether oxygens (including phenoxy) is 2. The number of carbonyl (C=O) groups is 5. The second-order valence-electron chi connectivity index (χ2n) is 14.9. The molecule has 0 radical (unpaired) electrons. The van der Waals surface area contributed by atoms with E-state index in [-0.39, 0.29) is 57.9 Å². The number of likely N-dealkylation sites (tertiary alicyclic amines) is 1. The summed E-state index contributed by atoms with van der Waals surface area (Å²) in [5.74, 6) is -0.633. The third kappa shape index (κ3) is 10.8. The van der Waals surface area contributed by atoms with Crippen molar-refractivity contribution >= 4 is 73.6 Å². The van der Waals surface area contributed by atoms with Gasteiger partial charge in [-0.05, 0) is 76.4 Å². The SMILES string of the molecule is C=C[C@@H]1C[C@]1(NC(=O)[C@@H]1C[C@@H](Oc2cc(C(=O)CBr)nc3cc(C)ccc23)CN1C(=O)OC(C)(C)C)C(C)=O.CC(C)(C)CC(=O)NC(N)=S. The highest BCUT2D eigenvalue weighted by molar-refractivity contribution is 9.09. The minimum Gasteiger partial charge on any atom is -0.488 e. The third-order valence-corrected chi connectivity index (χ3v) is 8.66. The number of fused-ring (bicyclic) bond motifs is 1. The number of amides is 3. The molecule has 1 saturated carbocycles. The van der Waals surface area contributed by atoms with Gasteiger partial charge in [-0.25, -0.2) is 9.78 Å². The smallest absolute Gasteiger partial charge is 0.411 e. The van der Waals surface area contributed by atoms with Crippen molar-refractivity contribution in [1.82, 2.24) is 20.5 Å². The van der Waals surface area contributed by atoms with Gasteiger partial charge in [0, 0.05) is 30.2 Å². The molecule has 2 fully saturated rings. The largest absolute Gasteiger partial charge is 0.488 e. The number of aromatic nitrogens is 1. The Morgan fingerprint density at radius 3 is 2.34 bits per heavy atom. The van der Waals surface area contributed by atoms with Gasteiger partial charge >= 0.3 is 6.09 Å². The Kier molecular flexibility index (Phi) is 12.9. The van der Waals surface area contributed by atoms with Crippen molar-refractivity contribution in [1.29, 1.82) is 0 Å². The molecule has 2 heterocycles. The van der Waals surface area contributed by atoms with Gasteiger partial charge in [0.05, 0.1) is 17.4 Å². The predicted octanol–water partition coefficient (Wildman–Crippen LogP) is 5.31. The maximum Gasteiger partial charge on any atom is 0.411 e. The van der Waals surface area contributed by atoms with E-state index >= 15 is 0 Å². The molecular formula is C36H48BrN5O7S. The Hall–Kier alpha value is -3.91. The van der Waals surface area contributed by atoms with E-state index in [1.165, 1.54) is 11.8 Å². The van der Waals surface area contributed by atoms with Gasteiger partial charge in [-0.15, -0.1) is 6.58 Å². The number of rotatable bonds is 9. The van der Waals surface area contributed by atoms with Gasteiger partial charge in [0.15, 0.2) is 16.7 Å². The van der Waals surface area contributed by atoms with E-state index in [9.17, 15) is 24.0 Å². The Morgan fingerprint density at radius 2 is 1.82 bits per heavy atom. The molecule has 0 unspecified atom stereocenters. The van der Waals surface area contributed by atoms with Crippen LogP contribution in [0, 0.1) is 18.3 Å². The van der Waals surface area contributed by atoms with Crippen molar-refractivity contribution in [3.63, 3.8) is 0 Å². The number of alkyl halides is 1. The topological polar surface area (TPSA) is 170 Å². The lowest BCUT2D eigenvalue weighted by atomic mass is 9.92. The summed E-state index contributed by atoms with van der Waals surface area (Å²) in [6.07, 6.45) is 1.53. The summed E-state index contributed by atoms with van der Waals surface area (Å²) >= 11 is 7.71. The van der Waals surface area contributed by atoms with E-state index in [0.717, 1.165) is 5.56 Å². The number of benzene rings is 1. The molecule has 3 amide bonds. The third-order valence-electron chi connectivity index (χ3n) is 8.05. The summed E-state index contributed by atoms with van der Waals surface area (Å²) in [6, 6.07) is 6.35. The highest BCUT2D eigenvalue weighted by Crippen LogP contribution is 2.45. The lowest BCUT2D eigenvalue weighted by Gasteiger charge is -2.28. The number of thiocarbonyl (C=S) groups is 1. The van der Waals surface area contributed by atoms with E-state index in [1.807, 2.05) is 45.9 Å². The molecule has 0 bridgehead atoms. The lowest BCUT2D eigenvalue weighted by Crippen LogP contribution is -2.53. The van der Waals surface area contributed by atoms with Crippen LogP contribution in [0.2, 0.25) is 0 Å². The van der Waals surface area contributed by atoms with Crippen molar-refractivity contribution in [2.24, 2.45) is 17.1 Å². The lowest BCUT2D eigenvalue weighted by molar-refractivity contribution is -0.130. The molecule has 1 aliphatic carbocycles. The molecule has 4 N–H and O–H groups in total. The van der Waals surface area contributed by atoms with Crippen molar-refractivity contribution < 1.29 is 33.4 Å². The zero-order chi connectivity index (χ0) is 37.8. The number of pyridine rings is 1. The average Bonchev–Trinajstić information content (AvgIpc) is 3.53. The van der Waals surface area contributed by atoms with Gasteiger partial charge in [0.1, 0.15) is 34.7 Å². The Balaban J connectivity index is 0.000000530. The number of nitrogens with two attached hydrogens (primary N) is 1. The first-order valence-electron chi connectivity index (χ1n) is 16.3. The predicted molar refractivity (Wildman–Crippen MR) is 199 cm³/mol. The summed E-state index contributed by atoms with van der Waals surface area (Å²) in [5, 5.41) is 6.12. The van der Waals surface area contributed by atoms with Gasteiger partial charge < -0.3 is 25.8 Å². The van der Waals surface area contributed by atoms with E-state index in [2.05, 4.69) is 50.3 Å². The number of halogens is 1. The van der Waals surface area contributed by atoms with Crippen LogP contribution in [0.25, 0.3) is 10.9 Å². The summed E-state index contributed by atoms with van der Waals surface area (Å²) in [5.41, 5.74) is 5.17. The molecule has 4 atom stereocenters. The van der Waals surface area contributed by atoms with Gasteiger partial charge in [0.25, 0.3) is 0 Å². The van der Waals surface area contributed by atoms with E-state index < -0.39 is 35.3 Å². The molecule has 50 heavy (non-hydrogen) atoms. The molecule has 1 aromatic carbocycles. The van der Waals surface area contributed by atoms with Crippen LogP contribution in [-0.2, 0) is 19.1 Å². The highest BCUT2D eigenvalue weighted by atomic mass is 79.9. The molecule has 14 heteroatoms. The Labute approximate surface area is 307 Å². The fourth-order valence-corrected chi connectivity index (χ4v) is 6.03. The van der Waals surface area contributed by atoms with Crippen LogP contribution in [0.5, 0.6) is 5.75 Å². The maximum absolute atomic E-state index is 13.5. The molecule has 1 aliphatic heterocycles. The second-order valence-corrected chi connectivity index (χ2v) is 15.9. The molecule has 4 rings (SSSR count). The van der Waals surface area contributed by atoms with E-state index in [1.54, 1.807) is 32.9 Å². The van der Waals surface area contributed by atoms with Crippen LogP contribution in [0.1, 0.15) is 83.8 Å². The molecule has 2 aromatic rings. The summed E-state index contributed by atoms with van der Waals surface area (Å²) in [4.78, 5) is 68.4. The van der Waals surface area contributed by atoms with E-state index in [4.69, 9.17) is 15.2 Å². The van der Waals surface area contributed by atoms with Crippen LogP contribution in [0.15, 0.2) is 36.9 Å². The minimum atomic E-state index is -0.999. The van der Waals surface area contributed by atoms with Gasteiger partial charge in [0.2, 0.25) is 11.8 Å². The number of hydrogen-bond acceptors (Lipinski definition) is 9. The first-order chi connectivity index (χ1) is 23.1. The molecular weight excluding hydrogens is 726 g/mol. The van der Waals surface area contributed by atoms with Crippen molar-refractivity contribution in [2.45, 2.75) is 97.9 Å². The zero-order valence-electron chi connectivity index (χ0n) is 30.0. The summed E-state index contributed by atoms with van der Waals surface area (Å²) in [7, 11) is 0. The van der Waals surface area contributed by atoms with Crippen molar-refractivity contribution in [3.8, 4) is 5.75 Å². The number of aryl methyl sites for hydroxylation is 1. The van der Waals surface area contributed by atoms with Crippen molar-refractivity contribution in [2.75, 3.05) is 11.9 Å². The number of hydrogen-bond donors (Lipinski definition) is 3. The summed E-state index contributed by atoms with van der Waals surface area (Å²) < 4.78 is 12.0. The number of carbonyl (C=O) groups excluding carboxylic acids is 5. The highest BCUT2D eigenvalue weighted by Gasteiger charge is 2.58. The van der Waals surface area contributed by atoms with Crippen LogP contribution >= 0.6 is 28.1 Å². The number of nitrogens with one attached hydrogen (secondary N) is 2. The molecule has 0 spiro atoms. The van der Waals surface area contributed by atoms with Crippen LogP contribution < -0.4 is 21.1 Å². The summed E-state index contributed by atoms with van der Waals surface area (Å²) in [6.45, 7) is 18.4. The van der Waals surface area contributed by atoms with Gasteiger partial charge in [-0.2, -0.15) is 0 Å². The molecule has 12 nitrogen and oxygen atoms in total. The standard InChI is InChI=1S/C29H34BrN3O6.C7H14N2OS/c1-7-18-13-29(18,17(3)34)32-26(36)23-11-19(15-33(23)27(37)39-28(4,5)6)38-25-12-22(24(35)14-30)31-21-10-16(2)8-9-20(21)25;1-7(2,3)4-5(10)9-6(8)11/h7-10,12,18-19,23H,1,11,13-15H2,2-6H3,(H,32,36);4H2,1-3H3,(H3,8,9,10,11)/t18-,19-,23+,29+;/m1./s1. The number of Topliss-reactive ketones (excluding diaryl/α,β-unsaturated/α-hetero) is 2. The van der Waals surface area contributed by atoms with E-state index in [0.29, 0.717) is 29.5 Å². The van der Waals surface area contributed by atoms with Crippen LogP contribution in [0.4, 0.5) is 4.79 Å². The molecule has 272 valence electrons. The average molecular weight is 775 g/mol. The van der Waals surface area contributed by atoms with Crippen LogP contribution in [-0.4, -0.2) is 79.6 Å². The first-order valence-corrected chi connectivity index (χ1v) is 17.8. The second kappa shape index (κ2) is 16.0. The monoisotopic (exact) mass is 773 g/mol. The van der Waals surface area contributed by atoms with Crippen molar-refractivity contribution in [3.05, 3.63) is 48.2 Å². The fraction of sp³-hybridized carbons (Fsp3) is 0.528. The maximum atomic E-state index is 13.5. The fourth-order valence-electron chi connectivity index (χ4n) is 5.62. The minimum absolute atomic E-state index is 0.0190. The molecule has 1 aromatic heterocycles. The number of ketones is 2. The quantitative estimate of drug-likeness (QED) is 0.131. The zero-order valence-corrected chi connectivity index (χ0v) is 32.4. The molecule has 1 saturated heterocycles. The Bertz CT molecular complexity index is 1690. The Morgan fingerprint density at radius 1 is 1.16 bits per heavy atom. The van der Waals surface area contributed by atoms with Gasteiger partial charge in [-0.3, -0.25) is 24.1 Å². The molecule has 2 aliphatic rings.